The Morgan fingerprint density at radius 2 is 2.21 bits per heavy atom. The lowest BCUT2D eigenvalue weighted by Crippen LogP contribution is -2.36. The zero-order chi connectivity index (χ0) is 14.4. The zero-order valence-electron chi connectivity index (χ0n) is 10.5. The number of hydrogen-bond acceptors (Lipinski definition) is 5. The predicted octanol–water partition coefficient (Wildman–Crippen LogP) is 1.03. The van der Waals surface area contributed by atoms with Gasteiger partial charge in [0.25, 0.3) is 5.69 Å². The van der Waals surface area contributed by atoms with Crippen LogP contribution in [0.25, 0.3) is 0 Å². The van der Waals surface area contributed by atoms with Crippen molar-refractivity contribution >= 4 is 11.7 Å². The Kier molecular flexibility index (Phi) is 5.40. The van der Waals surface area contributed by atoms with Gasteiger partial charge < -0.3 is 10.2 Å². The number of carbonyl (C=O) groups is 1. The van der Waals surface area contributed by atoms with E-state index in [1.165, 1.54) is 24.3 Å². The molecule has 7 nitrogen and oxygen atoms in total. The summed E-state index contributed by atoms with van der Waals surface area (Å²) in [5.74, 6) is -1.10. The molecule has 0 saturated carbocycles. The number of non-ortho nitro benzene ring substituents is 1. The quantitative estimate of drug-likeness (QED) is 0.565. The third kappa shape index (κ3) is 3.73. The van der Waals surface area contributed by atoms with Gasteiger partial charge in [0.1, 0.15) is 6.04 Å². The highest BCUT2D eigenvalue weighted by molar-refractivity contribution is 5.75. The van der Waals surface area contributed by atoms with Gasteiger partial charge in [-0.25, -0.2) is 0 Å². The molecule has 0 heterocycles. The number of benzene rings is 1. The Hall–Kier alpha value is -1.99. The first-order chi connectivity index (χ1) is 9.01. The smallest absolute Gasteiger partial charge is 0.325 e. The first-order valence-electron chi connectivity index (χ1n) is 5.83. The monoisotopic (exact) mass is 268 g/mol. The van der Waals surface area contributed by atoms with E-state index < -0.39 is 16.9 Å². The second kappa shape index (κ2) is 6.81. The number of rotatable bonds is 7. The van der Waals surface area contributed by atoms with Crippen molar-refractivity contribution in [3.63, 3.8) is 0 Å². The van der Waals surface area contributed by atoms with Crippen molar-refractivity contribution in [2.24, 2.45) is 0 Å². The Bertz CT molecular complexity index is 463. The molecule has 0 aliphatic carbocycles. The summed E-state index contributed by atoms with van der Waals surface area (Å²) in [5, 5.41) is 29.0. The first kappa shape index (κ1) is 15.1. The average molecular weight is 268 g/mol. The average Bonchev–Trinajstić information content (AvgIpc) is 2.38. The topological polar surface area (TPSA) is 104 Å². The van der Waals surface area contributed by atoms with Crippen molar-refractivity contribution in [1.29, 1.82) is 0 Å². The Morgan fingerprint density at radius 1 is 1.53 bits per heavy atom. The molecule has 0 aromatic heterocycles. The molecule has 1 aromatic rings. The van der Waals surface area contributed by atoms with E-state index in [9.17, 15) is 20.0 Å². The van der Waals surface area contributed by atoms with Crippen LogP contribution in [0.4, 0.5) is 5.69 Å². The summed E-state index contributed by atoms with van der Waals surface area (Å²) in [6, 6.07) is 4.54. The number of nitrogens with zero attached hydrogens (tertiary/aromatic N) is 2. The van der Waals surface area contributed by atoms with Gasteiger partial charge in [0.2, 0.25) is 0 Å². The van der Waals surface area contributed by atoms with Gasteiger partial charge in [-0.1, -0.05) is 19.1 Å². The van der Waals surface area contributed by atoms with Crippen LogP contribution in [0.1, 0.15) is 18.5 Å². The molecular formula is C12H16N2O5. The zero-order valence-corrected chi connectivity index (χ0v) is 10.5. The van der Waals surface area contributed by atoms with Crippen LogP contribution in [-0.4, -0.2) is 45.7 Å². The largest absolute Gasteiger partial charge is 0.480 e. The lowest BCUT2D eigenvalue weighted by Gasteiger charge is -2.26. The molecule has 0 fully saturated rings. The second-order valence-electron chi connectivity index (χ2n) is 3.95. The number of aliphatic hydroxyl groups is 1. The second-order valence-corrected chi connectivity index (χ2v) is 3.95. The molecule has 19 heavy (non-hydrogen) atoms. The van der Waals surface area contributed by atoms with Crippen LogP contribution in [0, 0.1) is 10.1 Å². The number of nitro benzene ring substituents is 1. The van der Waals surface area contributed by atoms with Gasteiger partial charge >= 0.3 is 5.97 Å². The SMILES string of the molecule is CCN(CCO)C(C(=O)O)c1cccc([N+](=O)[O-])c1. The molecule has 7 heteroatoms. The van der Waals surface area contributed by atoms with Crippen LogP contribution in [-0.2, 0) is 4.79 Å². The van der Waals surface area contributed by atoms with Crippen molar-refractivity contribution in [3.8, 4) is 0 Å². The normalized spacial score (nSPS) is 12.4. The van der Waals surface area contributed by atoms with Gasteiger partial charge in [0.15, 0.2) is 0 Å². The van der Waals surface area contributed by atoms with Crippen LogP contribution in [0.3, 0.4) is 0 Å². The van der Waals surface area contributed by atoms with E-state index in [0.29, 0.717) is 12.1 Å². The van der Waals surface area contributed by atoms with E-state index in [0.717, 1.165) is 0 Å². The standard InChI is InChI=1S/C12H16N2O5/c1-2-13(6-7-15)11(12(16)17)9-4-3-5-10(8-9)14(18)19/h3-5,8,11,15H,2,6-7H2,1H3,(H,16,17). The van der Waals surface area contributed by atoms with E-state index in [2.05, 4.69) is 0 Å². The third-order valence-electron chi connectivity index (χ3n) is 2.79. The third-order valence-corrected chi connectivity index (χ3v) is 2.79. The Labute approximate surface area is 110 Å². The molecule has 0 radical (unpaired) electrons. The fraction of sp³-hybridized carbons (Fsp3) is 0.417. The van der Waals surface area contributed by atoms with Crippen LogP contribution < -0.4 is 0 Å². The van der Waals surface area contributed by atoms with E-state index >= 15 is 0 Å². The minimum Gasteiger partial charge on any atom is -0.480 e. The molecule has 1 atom stereocenters. The molecule has 104 valence electrons. The fourth-order valence-corrected chi connectivity index (χ4v) is 1.92. The molecule has 1 aromatic carbocycles. The van der Waals surface area contributed by atoms with Crippen LogP contribution in [0.5, 0.6) is 0 Å². The molecule has 0 saturated heterocycles. The summed E-state index contributed by atoms with van der Waals surface area (Å²) >= 11 is 0. The molecule has 2 N–H and O–H groups in total. The number of hydrogen-bond donors (Lipinski definition) is 2. The fourth-order valence-electron chi connectivity index (χ4n) is 1.92. The maximum atomic E-state index is 11.4. The van der Waals surface area contributed by atoms with E-state index in [1.807, 2.05) is 0 Å². The van der Waals surface area contributed by atoms with Crippen LogP contribution in [0.15, 0.2) is 24.3 Å². The highest BCUT2D eigenvalue weighted by atomic mass is 16.6. The van der Waals surface area contributed by atoms with Crippen molar-refractivity contribution < 1.29 is 19.9 Å². The molecule has 0 spiro atoms. The molecule has 1 unspecified atom stereocenters. The minimum atomic E-state index is -1.10. The van der Waals surface area contributed by atoms with Crippen LogP contribution >= 0.6 is 0 Å². The molecule has 0 aliphatic heterocycles. The first-order valence-corrected chi connectivity index (χ1v) is 5.83. The van der Waals surface area contributed by atoms with Gasteiger partial charge in [0, 0.05) is 18.7 Å². The van der Waals surface area contributed by atoms with E-state index in [4.69, 9.17) is 5.11 Å². The highest BCUT2D eigenvalue weighted by Gasteiger charge is 2.27. The minimum absolute atomic E-state index is 0.149. The van der Waals surface area contributed by atoms with Gasteiger partial charge in [-0.3, -0.25) is 19.8 Å². The summed E-state index contributed by atoms with van der Waals surface area (Å²) in [4.78, 5) is 23.1. The summed E-state index contributed by atoms with van der Waals surface area (Å²) in [6.45, 7) is 2.20. The number of aliphatic hydroxyl groups excluding tert-OH is 1. The van der Waals surface area contributed by atoms with Crippen molar-refractivity contribution in [2.75, 3.05) is 19.7 Å². The summed E-state index contributed by atoms with van der Waals surface area (Å²) in [7, 11) is 0. The summed E-state index contributed by atoms with van der Waals surface area (Å²) < 4.78 is 0. The maximum absolute atomic E-state index is 11.4. The maximum Gasteiger partial charge on any atom is 0.325 e. The van der Waals surface area contributed by atoms with Gasteiger partial charge in [-0.2, -0.15) is 0 Å². The molecule has 0 aliphatic rings. The lowest BCUT2D eigenvalue weighted by molar-refractivity contribution is -0.384. The number of carboxylic acids is 1. The number of carboxylic acid groups (broad SMARTS) is 1. The summed E-state index contributed by atoms with van der Waals surface area (Å²) in [5.41, 5.74) is 0.181. The van der Waals surface area contributed by atoms with Gasteiger partial charge in [0.05, 0.1) is 11.5 Å². The Morgan fingerprint density at radius 3 is 2.68 bits per heavy atom. The summed E-state index contributed by atoms with van der Waals surface area (Å²) in [6.07, 6.45) is 0. The molecule has 0 amide bonds. The lowest BCUT2D eigenvalue weighted by atomic mass is 10.0. The van der Waals surface area contributed by atoms with Crippen molar-refractivity contribution in [3.05, 3.63) is 39.9 Å². The Balaban J connectivity index is 3.14. The van der Waals surface area contributed by atoms with Crippen LogP contribution in [0.2, 0.25) is 0 Å². The van der Waals surface area contributed by atoms with Crippen molar-refractivity contribution in [2.45, 2.75) is 13.0 Å². The molecule has 1 rings (SSSR count). The number of aliphatic carboxylic acids is 1. The number of nitro groups is 1. The molecular weight excluding hydrogens is 252 g/mol. The number of likely N-dealkylation sites (N-methyl/N-ethyl adjacent to an activating group) is 1. The molecule has 0 bridgehead atoms. The van der Waals surface area contributed by atoms with Gasteiger partial charge in [-0.05, 0) is 12.1 Å². The predicted molar refractivity (Wildman–Crippen MR) is 67.8 cm³/mol. The van der Waals surface area contributed by atoms with Gasteiger partial charge in [-0.15, -0.1) is 0 Å². The van der Waals surface area contributed by atoms with E-state index in [-0.39, 0.29) is 18.8 Å². The van der Waals surface area contributed by atoms with Crippen molar-refractivity contribution in [1.82, 2.24) is 4.90 Å². The van der Waals surface area contributed by atoms with E-state index in [1.54, 1.807) is 11.8 Å². The highest BCUT2D eigenvalue weighted by Crippen LogP contribution is 2.24.